The lowest BCUT2D eigenvalue weighted by Crippen LogP contribution is -2.31. The molecule has 3 nitrogen and oxygen atoms in total. The Labute approximate surface area is 121 Å². The molecule has 0 spiro atoms. The number of thioether (sulfide) groups is 1. The molecule has 1 unspecified atom stereocenters. The van der Waals surface area contributed by atoms with Gasteiger partial charge >= 0.3 is 0 Å². The molecule has 1 atom stereocenters. The van der Waals surface area contributed by atoms with Crippen molar-refractivity contribution >= 4 is 40.9 Å². The fourth-order valence-corrected chi connectivity index (χ4v) is 2.50. The summed E-state index contributed by atoms with van der Waals surface area (Å²) in [6, 6.07) is 3.30. The standard InChI is InChI=1S/C12H16Cl2N2OS/c1-7(5-15)6-16-12(17)8-3-11(18-2)10(14)4-9(8)13/h3-4,7H,5-6,15H2,1-2H3,(H,16,17). The van der Waals surface area contributed by atoms with Crippen LogP contribution in [0, 0.1) is 5.92 Å². The predicted octanol–water partition coefficient (Wildman–Crippen LogP) is 3.04. The van der Waals surface area contributed by atoms with Crippen molar-refractivity contribution in [2.24, 2.45) is 11.7 Å². The molecule has 0 bridgehead atoms. The second kappa shape index (κ2) is 7.24. The molecule has 0 aliphatic rings. The molecular weight excluding hydrogens is 291 g/mol. The van der Waals surface area contributed by atoms with Crippen LogP contribution in [0.15, 0.2) is 17.0 Å². The van der Waals surface area contributed by atoms with Crippen molar-refractivity contribution in [2.45, 2.75) is 11.8 Å². The molecule has 1 rings (SSSR count). The number of rotatable bonds is 5. The second-order valence-corrected chi connectivity index (χ2v) is 5.68. The third-order valence-electron chi connectivity index (χ3n) is 2.50. The smallest absolute Gasteiger partial charge is 0.252 e. The molecule has 0 saturated heterocycles. The van der Waals surface area contributed by atoms with Crippen LogP contribution in [0.2, 0.25) is 10.0 Å². The number of amides is 1. The minimum atomic E-state index is -0.202. The fraction of sp³-hybridized carbons (Fsp3) is 0.417. The van der Waals surface area contributed by atoms with E-state index in [-0.39, 0.29) is 11.8 Å². The van der Waals surface area contributed by atoms with E-state index in [9.17, 15) is 4.79 Å². The largest absolute Gasteiger partial charge is 0.352 e. The maximum absolute atomic E-state index is 12.0. The Morgan fingerprint density at radius 3 is 2.67 bits per heavy atom. The lowest BCUT2D eigenvalue weighted by molar-refractivity contribution is 0.0948. The zero-order valence-electron chi connectivity index (χ0n) is 10.3. The zero-order valence-corrected chi connectivity index (χ0v) is 12.6. The highest BCUT2D eigenvalue weighted by molar-refractivity contribution is 7.98. The maximum atomic E-state index is 12.0. The minimum Gasteiger partial charge on any atom is -0.352 e. The monoisotopic (exact) mass is 306 g/mol. The van der Waals surface area contributed by atoms with Gasteiger partial charge in [-0.3, -0.25) is 4.79 Å². The van der Waals surface area contributed by atoms with Gasteiger partial charge in [0.25, 0.3) is 5.91 Å². The number of hydrogen-bond donors (Lipinski definition) is 2. The highest BCUT2D eigenvalue weighted by Gasteiger charge is 2.14. The molecule has 100 valence electrons. The molecule has 0 aliphatic carbocycles. The van der Waals surface area contributed by atoms with Crippen LogP contribution in [0.3, 0.4) is 0 Å². The summed E-state index contributed by atoms with van der Waals surface area (Å²) >= 11 is 13.5. The lowest BCUT2D eigenvalue weighted by atomic mass is 10.1. The topological polar surface area (TPSA) is 55.1 Å². The van der Waals surface area contributed by atoms with Gasteiger partial charge in [-0.1, -0.05) is 30.1 Å². The molecule has 1 amide bonds. The summed E-state index contributed by atoms with van der Waals surface area (Å²) in [4.78, 5) is 12.8. The van der Waals surface area contributed by atoms with E-state index in [1.807, 2.05) is 13.2 Å². The van der Waals surface area contributed by atoms with E-state index >= 15 is 0 Å². The van der Waals surface area contributed by atoms with Crippen molar-refractivity contribution in [3.63, 3.8) is 0 Å². The third-order valence-corrected chi connectivity index (χ3v) is 4.01. The predicted molar refractivity (Wildman–Crippen MR) is 78.8 cm³/mol. The Morgan fingerprint density at radius 2 is 2.11 bits per heavy atom. The van der Waals surface area contributed by atoms with Gasteiger partial charge in [0, 0.05) is 11.4 Å². The fourth-order valence-electron chi connectivity index (χ4n) is 1.31. The van der Waals surface area contributed by atoms with E-state index in [1.165, 1.54) is 11.8 Å². The van der Waals surface area contributed by atoms with Gasteiger partial charge in [-0.2, -0.15) is 0 Å². The molecule has 0 heterocycles. The Kier molecular flexibility index (Phi) is 6.29. The number of benzene rings is 1. The molecule has 0 fully saturated rings. The average molecular weight is 307 g/mol. The van der Waals surface area contributed by atoms with Crippen molar-refractivity contribution < 1.29 is 4.79 Å². The quantitative estimate of drug-likeness (QED) is 0.822. The number of hydrogen-bond acceptors (Lipinski definition) is 3. The summed E-state index contributed by atoms with van der Waals surface area (Å²) in [5.41, 5.74) is 5.93. The summed E-state index contributed by atoms with van der Waals surface area (Å²) < 4.78 is 0. The Morgan fingerprint density at radius 1 is 1.44 bits per heavy atom. The number of nitrogens with one attached hydrogen (secondary N) is 1. The second-order valence-electron chi connectivity index (χ2n) is 4.02. The average Bonchev–Trinajstić information content (AvgIpc) is 2.35. The van der Waals surface area contributed by atoms with Crippen LogP contribution in [-0.2, 0) is 0 Å². The van der Waals surface area contributed by atoms with Crippen LogP contribution in [0.4, 0.5) is 0 Å². The van der Waals surface area contributed by atoms with Crippen molar-refractivity contribution in [3.8, 4) is 0 Å². The van der Waals surface area contributed by atoms with E-state index in [0.29, 0.717) is 28.7 Å². The van der Waals surface area contributed by atoms with Crippen LogP contribution < -0.4 is 11.1 Å². The molecule has 1 aromatic carbocycles. The highest BCUT2D eigenvalue weighted by Crippen LogP contribution is 2.31. The van der Waals surface area contributed by atoms with Gasteiger partial charge in [-0.15, -0.1) is 11.8 Å². The van der Waals surface area contributed by atoms with Crippen LogP contribution in [0.5, 0.6) is 0 Å². The first-order valence-corrected chi connectivity index (χ1v) is 7.49. The summed E-state index contributed by atoms with van der Waals surface area (Å²) in [5.74, 6) is 0.0345. The number of nitrogens with two attached hydrogens (primary N) is 1. The first-order chi connectivity index (χ1) is 8.49. The minimum absolute atomic E-state index is 0.202. The van der Waals surface area contributed by atoms with Crippen molar-refractivity contribution in [1.29, 1.82) is 0 Å². The van der Waals surface area contributed by atoms with Crippen molar-refractivity contribution in [2.75, 3.05) is 19.3 Å². The van der Waals surface area contributed by atoms with Gasteiger partial charge in [0.2, 0.25) is 0 Å². The number of carbonyl (C=O) groups excluding carboxylic acids is 1. The highest BCUT2D eigenvalue weighted by atomic mass is 35.5. The van der Waals surface area contributed by atoms with Gasteiger partial charge in [0.15, 0.2) is 0 Å². The lowest BCUT2D eigenvalue weighted by Gasteiger charge is -2.12. The number of halogens is 2. The van der Waals surface area contributed by atoms with Crippen LogP contribution in [0.1, 0.15) is 17.3 Å². The Hall–Kier alpha value is -0.420. The van der Waals surface area contributed by atoms with E-state index in [0.717, 1.165) is 4.90 Å². The summed E-state index contributed by atoms with van der Waals surface area (Å²) in [7, 11) is 0. The molecule has 0 saturated carbocycles. The first-order valence-electron chi connectivity index (χ1n) is 5.50. The first kappa shape index (κ1) is 15.6. The molecular formula is C12H16Cl2N2OS. The molecule has 6 heteroatoms. The van der Waals surface area contributed by atoms with E-state index in [2.05, 4.69) is 5.32 Å². The van der Waals surface area contributed by atoms with Crippen LogP contribution >= 0.6 is 35.0 Å². The molecule has 0 aromatic heterocycles. The normalized spacial score (nSPS) is 12.3. The van der Waals surface area contributed by atoms with Crippen molar-refractivity contribution in [1.82, 2.24) is 5.32 Å². The molecule has 3 N–H and O–H groups in total. The van der Waals surface area contributed by atoms with Gasteiger partial charge in [0.1, 0.15) is 0 Å². The maximum Gasteiger partial charge on any atom is 0.252 e. The van der Waals surface area contributed by atoms with Gasteiger partial charge in [-0.05, 0) is 30.9 Å². The summed E-state index contributed by atoms with van der Waals surface area (Å²) in [5, 5.41) is 3.72. The van der Waals surface area contributed by atoms with Crippen LogP contribution in [-0.4, -0.2) is 25.3 Å². The van der Waals surface area contributed by atoms with Gasteiger partial charge in [-0.25, -0.2) is 0 Å². The Bertz CT molecular complexity index is 440. The van der Waals surface area contributed by atoms with E-state index < -0.39 is 0 Å². The number of carbonyl (C=O) groups is 1. The van der Waals surface area contributed by atoms with Crippen molar-refractivity contribution in [3.05, 3.63) is 27.7 Å². The molecule has 18 heavy (non-hydrogen) atoms. The Balaban J connectivity index is 2.85. The zero-order chi connectivity index (χ0) is 13.7. The SMILES string of the molecule is CSc1cc(C(=O)NCC(C)CN)c(Cl)cc1Cl. The summed E-state index contributed by atoms with van der Waals surface area (Å²) in [6.45, 7) is 3.03. The van der Waals surface area contributed by atoms with Gasteiger partial charge in [0.05, 0.1) is 15.6 Å². The van der Waals surface area contributed by atoms with Gasteiger partial charge < -0.3 is 11.1 Å². The van der Waals surface area contributed by atoms with E-state index in [1.54, 1.807) is 12.1 Å². The molecule has 1 aromatic rings. The molecule has 0 aliphatic heterocycles. The third kappa shape index (κ3) is 4.05. The van der Waals surface area contributed by atoms with Crippen LogP contribution in [0.25, 0.3) is 0 Å². The summed E-state index contributed by atoms with van der Waals surface area (Å²) in [6.07, 6.45) is 1.90. The molecule has 0 radical (unpaired) electrons. The van der Waals surface area contributed by atoms with E-state index in [4.69, 9.17) is 28.9 Å².